The van der Waals surface area contributed by atoms with Crippen molar-refractivity contribution in [2.75, 3.05) is 5.73 Å². The van der Waals surface area contributed by atoms with Gasteiger partial charge in [0.05, 0.1) is 17.7 Å². The molecule has 0 aliphatic rings. The van der Waals surface area contributed by atoms with Crippen LogP contribution in [0.15, 0.2) is 41.8 Å². The van der Waals surface area contributed by atoms with Crippen molar-refractivity contribution < 1.29 is 4.79 Å². The van der Waals surface area contributed by atoms with Crippen molar-refractivity contribution in [3.8, 4) is 0 Å². The molecule has 3 N–H and O–H groups in total. The molecule has 0 radical (unpaired) electrons. The highest BCUT2D eigenvalue weighted by Gasteiger charge is 2.17. The van der Waals surface area contributed by atoms with Crippen LogP contribution in [0.5, 0.6) is 0 Å². The van der Waals surface area contributed by atoms with Gasteiger partial charge in [-0.25, -0.2) is 4.98 Å². The Bertz CT molecular complexity index is 1050. The summed E-state index contributed by atoms with van der Waals surface area (Å²) < 4.78 is 0. The number of nitrogen functional groups attached to an aromatic ring is 1. The van der Waals surface area contributed by atoms with E-state index in [1.807, 2.05) is 48.7 Å². The lowest BCUT2D eigenvalue weighted by molar-refractivity contribution is 0.0956. The van der Waals surface area contributed by atoms with Gasteiger partial charge in [-0.05, 0) is 36.1 Å². The summed E-state index contributed by atoms with van der Waals surface area (Å²) in [4.78, 5) is 19.6. The summed E-state index contributed by atoms with van der Waals surface area (Å²) in [6.45, 7) is 2.55. The molecule has 0 saturated heterocycles. The topological polar surface area (TPSA) is 68.0 Å². The van der Waals surface area contributed by atoms with Gasteiger partial charge in [0.1, 0.15) is 9.71 Å². The van der Waals surface area contributed by atoms with Gasteiger partial charge in [-0.1, -0.05) is 18.2 Å². The Kier molecular flexibility index (Phi) is 3.70. The Balaban J connectivity index is 1.71. The summed E-state index contributed by atoms with van der Waals surface area (Å²) in [5, 5.41) is 6.80. The molecule has 0 bridgehead atoms. The number of benzene rings is 1. The van der Waals surface area contributed by atoms with Gasteiger partial charge >= 0.3 is 0 Å². The molecule has 120 valence electrons. The first-order valence-electron chi connectivity index (χ1n) is 7.52. The Hall–Kier alpha value is -2.44. The molecule has 0 aliphatic carbocycles. The first-order valence-corrected chi connectivity index (χ1v) is 9.21. The highest BCUT2D eigenvalue weighted by atomic mass is 32.1. The van der Waals surface area contributed by atoms with E-state index >= 15 is 0 Å². The third-order valence-electron chi connectivity index (χ3n) is 3.88. The number of anilines is 1. The van der Waals surface area contributed by atoms with E-state index in [-0.39, 0.29) is 5.91 Å². The molecule has 3 heterocycles. The molecule has 0 saturated carbocycles. The van der Waals surface area contributed by atoms with Gasteiger partial charge in [0, 0.05) is 15.6 Å². The number of amides is 1. The van der Waals surface area contributed by atoms with Crippen molar-refractivity contribution in [3.05, 3.63) is 57.1 Å². The average Bonchev–Trinajstić information content (AvgIpc) is 3.19. The molecule has 4 nitrogen and oxygen atoms in total. The highest BCUT2D eigenvalue weighted by molar-refractivity contribution is 7.21. The Morgan fingerprint density at radius 3 is 2.96 bits per heavy atom. The minimum atomic E-state index is -0.149. The van der Waals surface area contributed by atoms with E-state index in [1.54, 1.807) is 11.3 Å². The number of carbonyl (C=O) groups is 1. The average molecular weight is 353 g/mol. The minimum absolute atomic E-state index is 0.149. The molecule has 24 heavy (non-hydrogen) atoms. The fourth-order valence-electron chi connectivity index (χ4n) is 2.63. The summed E-state index contributed by atoms with van der Waals surface area (Å²) in [5.41, 5.74) is 8.82. The largest absolute Gasteiger partial charge is 0.397 e. The summed E-state index contributed by atoms with van der Waals surface area (Å²) in [6, 6.07) is 12.1. The zero-order chi connectivity index (χ0) is 16.7. The minimum Gasteiger partial charge on any atom is -0.397 e. The molecule has 0 fully saturated rings. The normalized spacial score (nSPS) is 11.2. The Labute approximate surface area is 146 Å². The number of nitrogens with one attached hydrogen (secondary N) is 1. The van der Waals surface area contributed by atoms with E-state index in [2.05, 4.69) is 10.3 Å². The summed E-state index contributed by atoms with van der Waals surface area (Å²) in [6.07, 6.45) is 0. The fraction of sp³-hybridized carbons (Fsp3) is 0.111. The number of fused-ring (bicyclic) bond motifs is 2. The van der Waals surface area contributed by atoms with Gasteiger partial charge in [0.15, 0.2) is 0 Å². The summed E-state index contributed by atoms with van der Waals surface area (Å²) >= 11 is 2.96. The van der Waals surface area contributed by atoms with E-state index in [0.717, 1.165) is 31.6 Å². The first-order chi connectivity index (χ1) is 11.6. The van der Waals surface area contributed by atoms with Gasteiger partial charge < -0.3 is 11.1 Å². The second-order valence-corrected chi connectivity index (χ2v) is 7.68. The van der Waals surface area contributed by atoms with Gasteiger partial charge in [-0.15, -0.1) is 22.7 Å². The molecule has 1 amide bonds. The zero-order valence-corrected chi connectivity index (χ0v) is 14.6. The third kappa shape index (κ3) is 2.64. The molecule has 0 aliphatic heterocycles. The van der Waals surface area contributed by atoms with E-state index in [9.17, 15) is 4.79 Å². The van der Waals surface area contributed by atoms with E-state index in [0.29, 0.717) is 17.1 Å². The smallest absolute Gasteiger partial charge is 0.263 e. The third-order valence-corrected chi connectivity index (χ3v) is 5.87. The van der Waals surface area contributed by atoms with Crippen LogP contribution in [0.2, 0.25) is 0 Å². The Morgan fingerprint density at radius 1 is 1.29 bits per heavy atom. The van der Waals surface area contributed by atoms with Crippen LogP contribution in [-0.4, -0.2) is 10.9 Å². The van der Waals surface area contributed by atoms with Gasteiger partial charge in [-0.3, -0.25) is 4.79 Å². The van der Waals surface area contributed by atoms with Crippen LogP contribution in [0, 0.1) is 6.92 Å². The van der Waals surface area contributed by atoms with Gasteiger partial charge in [0.2, 0.25) is 0 Å². The van der Waals surface area contributed by atoms with E-state index in [1.165, 1.54) is 11.3 Å². The van der Waals surface area contributed by atoms with Crippen LogP contribution >= 0.6 is 22.7 Å². The number of nitrogens with two attached hydrogens (primary N) is 1. The monoisotopic (exact) mass is 353 g/mol. The quantitative estimate of drug-likeness (QED) is 0.576. The number of hydrogen-bond acceptors (Lipinski definition) is 5. The van der Waals surface area contributed by atoms with Crippen molar-refractivity contribution in [1.82, 2.24) is 10.3 Å². The van der Waals surface area contributed by atoms with Crippen molar-refractivity contribution in [2.24, 2.45) is 0 Å². The second-order valence-electron chi connectivity index (χ2n) is 5.64. The zero-order valence-electron chi connectivity index (χ0n) is 13.0. The molecular weight excluding hydrogens is 338 g/mol. The lowest BCUT2D eigenvalue weighted by Crippen LogP contribution is -2.22. The maximum absolute atomic E-state index is 12.5. The van der Waals surface area contributed by atoms with Crippen LogP contribution in [0.25, 0.3) is 21.1 Å². The van der Waals surface area contributed by atoms with Crippen LogP contribution in [0.4, 0.5) is 5.69 Å². The van der Waals surface area contributed by atoms with Gasteiger partial charge in [-0.2, -0.15) is 0 Å². The molecule has 0 spiro atoms. The van der Waals surface area contributed by atoms with Crippen LogP contribution in [0.3, 0.4) is 0 Å². The number of aryl methyl sites for hydroxylation is 1. The molecule has 0 unspecified atom stereocenters. The maximum Gasteiger partial charge on any atom is 0.263 e. The molecule has 4 rings (SSSR count). The van der Waals surface area contributed by atoms with Crippen molar-refractivity contribution in [2.45, 2.75) is 13.5 Å². The number of rotatable bonds is 3. The summed E-state index contributed by atoms with van der Waals surface area (Å²) in [5.74, 6) is -0.149. The van der Waals surface area contributed by atoms with Crippen LogP contribution < -0.4 is 11.1 Å². The second kappa shape index (κ2) is 5.89. The number of hydrogen-bond donors (Lipinski definition) is 2. The predicted molar refractivity (Wildman–Crippen MR) is 102 cm³/mol. The molecule has 1 aromatic carbocycles. The SMILES string of the molecule is Cc1ccc2cc3c(N)c(C(=O)NCc4cccs4)sc3nc2c1. The van der Waals surface area contributed by atoms with Crippen LogP contribution in [0.1, 0.15) is 20.1 Å². The van der Waals surface area contributed by atoms with E-state index in [4.69, 9.17) is 5.73 Å². The fourth-order valence-corrected chi connectivity index (χ4v) is 4.28. The van der Waals surface area contributed by atoms with Crippen molar-refractivity contribution in [3.63, 3.8) is 0 Å². The standard InChI is InChI=1S/C18H15N3OS2/c1-10-4-5-11-8-13-15(19)16(24-18(13)21-14(11)7-10)17(22)20-9-12-3-2-6-23-12/h2-8H,9,19H2,1H3,(H,20,22). The predicted octanol–water partition coefficient (Wildman–Crippen LogP) is 4.33. The number of carbonyl (C=O) groups excluding carboxylic acids is 1. The van der Waals surface area contributed by atoms with E-state index < -0.39 is 0 Å². The molecule has 0 atom stereocenters. The summed E-state index contributed by atoms with van der Waals surface area (Å²) in [7, 11) is 0. The Morgan fingerprint density at radius 2 is 2.17 bits per heavy atom. The number of aromatic nitrogens is 1. The first kappa shape index (κ1) is 15.1. The highest BCUT2D eigenvalue weighted by Crippen LogP contribution is 2.34. The molecular formula is C18H15N3OS2. The molecule has 6 heteroatoms. The molecule has 3 aromatic heterocycles. The van der Waals surface area contributed by atoms with Crippen molar-refractivity contribution in [1.29, 1.82) is 0 Å². The lowest BCUT2D eigenvalue weighted by Gasteiger charge is -2.02. The molecule has 4 aromatic rings. The van der Waals surface area contributed by atoms with Gasteiger partial charge in [0.25, 0.3) is 5.91 Å². The van der Waals surface area contributed by atoms with Crippen LogP contribution in [-0.2, 0) is 6.54 Å². The number of pyridine rings is 1. The maximum atomic E-state index is 12.5. The number of thiophene rings is 2. The number of nitrogens with zero attached hydrogens (tertiary/aromatic N) is 1. The lowest BCUT2D eigenvalue weighted by atomic mass is 10.1. The van der Waals surface area contributed by atoms with Crippen molar-refractivity contribution >= 4 is 55.4 Å².